The number of hydrogen-bond acceptors (Lipinski definition) is 5. The van der Waals surface area contributed by atoms with Crippen LogP contribution in [-0.2, 0) is 9.47 Å². The van der Waals surface area contributed by atoms with E-state index in [4.69, 9.17) is 9.47 Å². The normalized spacial score (nSPS) is 14.6. The quantitative estimate of drug-likeness (QED) is 0.845. The third-order valence-corrected chi connectivity index (χ3v) is 4.34. The average Bonchev–Trinajstić information content (AvgIpc) is 3.12. The zero-order valence-corrected chi connectivity index (χ0v) is 15.3. The highest BCUT2D eigenvalue weighted by Gasteiger charge is 2.27. The van der Waals surface area contributed by atoms with Gasteiger partial charge < -0.3 is 19.7 Å². The molecule has 0 bridgehead atoms. The number of aromatic nitrogens is 1. The summed E-state index contributed by atoms with van der Waals surface area (Å²) in [6.45, 7) is 1.08. The maximum absolute atomic E-state index is 12.8. The molecule has 8 nitrogen and oxygen atoms in total. The smallest absolute Gasteiger partial charge is 0.414 e. The van der Waals surface area contributed by atoms with Crippen LogP contribution in [0.15, 0.2) is 48.7 Å². The van der Waals surface area contributed by atoms with E-state index in [-0.39, 0.29) is 12.1 Å². The Morgan fingerprint density at radius 2 is 2.11 bits per heavy atom. The number of anilines is 2. The van der Waals surface area contributed by atoms with Crippen molar-refractivity contribution in [3.63, 3.8) is 0 Å². The monoisotopic (exact) mass is 370 g/mol. The van der Waals surface area contributed by atoms with E-state index in [1.165, 1.54) is 9.80 Å². The maximum atomic E-state index is 12.8. The van der Waals surface area contributed by atoms with E-state index in [1.54, 1.807) is 38.6 Å². The number of methoxy groups -OCH3 is 1. The van der Waals surface area contributed by atoms with Crippen molar-refractivity contribution in [2.45, 2.75) is 6.04 Å². The predicted molar refractivity (Wildman–Crippen MR) is 101 cm³/mol. The number of amides is 3. The zero-order chi connectivity index (χ0) is 19.2. The molecular formula is C19H22N4O4. The number of nitrogens with one attached hydrogen (secondary N) is 1. The van der Waals surface area contributed by atoms with Crippen molar-refractivity contribution in [3.8, 4) is 0 Å². The summed E-state index contributed by atoms with van der Waals surface area (Å²) in [6, 6.07) is 12.0. The van der Waals surface area contributed by atoms with E-state index in [0.29, 0.717) is 31.1 Å². The van der Waals surface area contributed by atoms with Crippen molar-refractivity contribution in [1.82, 2.24) is 9.88 Å². The number of likely N-dealkylation sites (N-methyl/N-ethyl adjacent to an activating group) is 1. The number of para-hydroxylation sites is 2. The first-order chi connectivity index (χ1) is 13.1. The summed E-state index contributed by atoms with van der Waals surface area (Å²) >= 11 is 0. The van der Waals surface area contributed by atoms with Gasteiger partial charge in [0, 0.05) is 20.4 Å². The van der Waals surface area contributed by atoms with Crippen LogP contribution in [-0.4, -0.2) is 55.9 Å². The van der Waals surface area contributed by atoms with E-state index in [0.717, 1.165) is 5.69 Å². The van der Waals surface area contributed by atoms with Gasteiger partial charge in [0.25, 0.3) is 0 Å². The van der Waals surface area contributed by atoms with Crippen LogP contribution < -0.4 is 10.2 Å². The number of nitrogens with zero attached hydrogens (tertiary/aromatic N) is 3. The molecule has 142 valence electrons. The van der Waals surface area contributed by atoms with Crippen LogP contribution in [0.5, 0.6) is 0 Å². The van der Waals surface area contributed by atoms with Crippen molar-refractivity contribution < 1.29 is 19.1 Å². The maximum Gasteiger partial charge on any atom is 0.414 e. The van der Waals surface area contributed by atoms with Crippen molar-refractivity contribution in [2.24, 2.45) is 0 Å². The first-order valence-corrected chi connectivity index (χ1v) is 8.59. The Kier molecular flexibility index (Phi) is 5.87. The second kappa shape index (κ2) is 8.50. The number of carbonyl (C=O) groups is 2. The van der Waals surface area contributed by atoms with Gasteiger partial charge in [-0.05, 0) is 24.3 Å². The fraction of sp³-hybridized carbons (Fsp3) is 0.316. The predicted octanol–water partition coefficient (Wildman–Crippen LogP) is 2.89. The van der Waals surface area contributed by atoms with Gasteiger partial charge in [-0.15, -0.1) is 0 Å². The van der Waals surface area contributed by atoms with Crippen LogP contribution in [0.25, 0.3) is 0 Å². The van der Waals surface area contributed by atoms with Crippen LogP contribution in [0.4, 0.5) is 21.0 Å². The summed E-state index contributed by atoms with van der Waals surface area (Å²) in [5.74, 6) is 0. The summed E-state index contributed by atoms with van der Waals surface area (Å²) < 4.78 is 10.3. The summed E-state index contributed by atoms with van der Waals surface area (Å²) in [7, 11) is 3.26. The van der Waals surface area contributed by atoms with Gasteiger partial charge in [-0.25, -0.2) is 9.59 Å². The molecule has 1 aliphatic rings. The molecule has 1 N–H and O–H groups in total. The lowest BCUT2D eigenvalue weighted by Gasteiger charge is -2.28. The minimum atomic E-state index is -0.421. The SMILES string of the molecule is COC[C@H](c1ccccn1)N(C)C(=O)Nc1ccccc1N1CCOC1=O. The van der Waals surface area contributed by atoms with Crippen molar-refractivity contribution in [3.05, 3.63) is 54.4 Å². The number of ether oxygens (including phenoxy) is 2. The van der Waals surface area contributed by atoms with Crippen molar-refractivity contribution in [1.29, 1.82) is 0 Å². The Labute approximate surface area is 157 Å². The number of carbonyl (C=O) groups excluding carboxylic acids is 2. The molecule has 3 amide bonds. The third kappa shape index (κ3) is 4.17. The molecule has 1 aliphatic heterocycles. The molecule has 0 unspecified atom stereocenters. The Bertz CT molecular complexity index is 799. The molecule has 1 saturated heterocycles. The fourth-order valence-electron chi connectivity index (χ4n) is 2.90. The van der Waals surface area contributed by atoms with E-state index < -0.39 is 6.09 Å². The Morgan fingerprint density at radius 3 is 2.78 bits per heavy atom. The van der Waals surface area contributed by atoms with Gasteiger partial charge in [0.15, 0.2) is 0 Å². The number of urea groups is 1. The lowest BCUT2D eigenvalue weighted by Crippen LogP contribution is -2.37. The molecule has 8 heteroatoms. The molecule has 1 atom stereocenters. The Morgan fingerprint density at radius 1 is 1.33 bits per heavy atom. The van der Waals surface area contributed by atoms with Crippen LogP contribution in [0.2, 0.25) is 0 Å². The van der Waals surface area contributed by atoms with Gasteiger partial charge in [0.05, 0.1) is 36.3 Å². The van der Waals surface area contributed by atoms with Crippen LogP contribution >= 0.6 is 0 Å². The van der Waals surface area contributed by atoms with Gasteiger partial charge in [0.2, 0.25) is 0 Å². The molecule has 0 saturated carbocycles. The lowest BCUT2D eigenvalue weighted by molar-refractivity contribution is 0.119. The first-order valence-electron chi connectivity index (χ1n) is 8.59. The minimum Gasteiger partial charge on any atom is -0.447 e. The first kappa shape index (κ1) is 18.7. The van der Waals surface area contributed by atoms with E-state index in [9.17, 15) is 9.59 Å². The molecule has 1 aromatic heterocycles. The van der Waals surface area contributed by atoms with Crippen molar-refractivity contribution in [2.75, 3.05) is 44.1 Å². The molecule has 0 spiro atoms. The fourth-order valence-corrected chi connectivity index (χ4v) is 2.90. The van der Waals surface area contributed by atoms with Gasteiger partial charge in [-0.2, -0.15) is 0 Å². The highest BCUT2D eigenvalue weighted by molar-refractivity contribution is 5.99. The highest BCUT2D eigenvalue weighted by Crippen LogP contribution is 2.29. The topological polar surface area (TPSA) is 84.0 Å². The second-order valence-corrected chi connectivity index (χ2v) is 6.05. The van der Waals surface area contributed by atoms with Crippen LogP contribution in [0.1, 0.15) is 11.7 Å². The van der Waals surface area contributed by atoms with E-state index >= 15 is 0 Å². The largest absolute Gasteiger partial charge is 0.447 e. The van der Waals surface area contributed by atoms with Crippen molar-refractivity contribution >= 4 is 23.5 Å². The standard InChI is InChI=1S/C19H22N4O4/c1-22(17(13-26-2)14-7-5-6-10-20-14)18(24)21-15-8-3-4-9-16(15)23-11-12-27-19(23)25/h3-10,17H,11-13H2,1-2H3,(H,21,24)/t17-/m1/s1. The number of pyridine rings is 1. The second-order valence-electron chi connectivity index (χ2n) is 6.05. The summed E-state index contributed by atoms with van der Waals surface area (Å²) in [4.78, 5) is 32.1. The number of rotatable bonds is 6. The van der Waals surface area contributed by atoms with Crippen LogP contribution in [0, 0.1) is 0 Å². The molecule has 1 fully saturated rings. The molecular weight excluding hydrogens is 348 g/mol. The highest BCUT2D eigenvalue weighted by atomic mass is 16.6. The molecule has 27 heavy (non-hydrogen) atoms. The molecule has 0 radical (unpaired) electrons. The van der Waals surface area contributed by atoms with E-state index in [1.807, 2.05) is 24.3 Å². The molecule has 0 aliphatic carbocycles. The Balaban J connectivity index is 1.79. The lowest BCUT2D eigenvalue weighted by atomic mass is 10.2. The molecule has 2 heterocycles. The number of cyclic esters (lactones) is 1. The Hall–Kier alpha value is -3.13. The van der Waals surface area contributed by atoms with Gasteiger partial charge in [0.1, 0.15) is 6.61 Å². The zero-order valence-electron chi connectivity index (χ0n) is 15.3. The molecule has 1 aromatic carbocycles. The third-order valence-electron chi connectivity index (χ3n) is 4.34. The number of hydrogen-bond donors (Lipinski definition) is 1. The van der Waals surface area contributed by atoms with Crippen LogP contribution in [0.3, 0.4) is 0 Å². The summed E-state index contributed by atoms with van der Waals surface area (Å²) in [6.07, 6.45) is 1.26. The van der Waals surface area contributed by atoms with Gasteiger partial charge in [-0.3, -0.25) is 9.88 Å². The molecule has 2 aromatic rings. The summed E-state index contributed by atoms with van der Waals surface area (Å²) in [5, 5.41) is 2.87. The van der Waals surface area contributed by atoms with Gasteiger partial charge in [-0.1, -0.05) is 18.2 Å². The minimum absolute atomic E-state index is 0.307. The summed E-state index contributed by atoms with van der Waals surface area (Å²) in [5.41, 5.74) is 1.86. The molecule has 3 rings (SSSR count). The van der Waals surface area contributed by atoms with E-state index in [2.05, 4.69) is 10.3 Å². The number of benzene rings is 1. The van der Waals surface area contributed by atoms with Gasteiger partial charge >= 0.3 is 12.1 Å². The average molecular weight is 370 g/mol.